The second-order valence-electron chi connectivity index (χ2n) is 8.17. The van der Waals surface area contributed by atoms with E-state index >= 15 is 0 Å². The van der Waals surface area contributed by atoms with Crippen molar-refractivity contribution in [1.82, 2.24) is 24.8 Å². The Morgan fingerprint density at radius 2 is 1.96 bits per heavy atom. The zero-order valence-electron chi connectivity index (χ0n) is 16.1. The lowest BCUT2D eigenvalue weighted by Gasteiger charge is -2.50. The van der Waals surface area contributed by atoms with Gasteiger partial charge in [-0.2, -0.15) is 0 Å². The number of fused-ring (bicyclic) bond motifs is 3. The van der Waals surface area contributed by atoms with Gasteiger partial charge in [0.2, 0.25) is 5.91 Å². The Morgan fingerprint density at radius 3 is 2.71 bits per heavy atom. The molecule has 4 aliphatic rings. The minimum atomic E-state index is 0.152. The molecule has 4 fully saturated rings. The Kier molecular flexibility index (Phi) is 4.86. The molecule has 4 atom stereocenters. The molecule has 1 amide bonds. The van der Waals surface area contributed by atoms with Gasteiger partial charge in [0.25, 0.3) is 0 Å². The van der Waals surface area contributed by atoms with Crippen LogP contribution in [0.1, 0.15) is 12.8 Å². The molecule has 1 unspecified atom stereocenters. The maximum atomic E-state index is 13.0. The third kappa shape index (κ3) is 3.44. The van der Waals surface area contributed by atoms with Crippen LogP contribution in [0.4, 0.5) is 0 Å². The molecule has 0 spiro atoms. The fourth-order valence-electron chi connectivity index (χ4n) is 4.97. The third-order valence-electron chi connectivity index (χ3n) is 6.52. The standard InChI is InChI=1S/C21H27N5O2/c27-21(24-8-10-28-11-9-24)19-14-25-7-6-17(19)12-18(25)13-26-15-20(22-23-26)16-4-2-1-3-5-16/h1-5,15,17-19H,6-14H2/t17-,18+,19-/m0/s1. The van der Waals surface area contributed by atoms with Crippen LogP contribution in [0.15, 0.2) is 36.5 Å². The number of benzene rings is 1. The van der Waals surface area contributed by atoms with E-state index in [0.29, 0.717) is 31.1 Å². The van der Waals surface area contributed by atoms with Gasteiger partial charge in [-0.3, -0.25) is 14.4 Å². The summed E-state index contributed by atoms with van der Waals surface area (Å²) in [7, 11) is 0. The van der Waals surface area contributed by atoms with Crippen molar-refractivity contribution in [1.29, 1.82) is 0 Å². The van der Waals surface area contributed by atoms with Crippen LogP contribution in [0.3, 0.4) is 0 Å². The van der Waals surface area contributed by atoms with Crippen LogP contribution in [-0.2, 0) is 16.1 Å². The van der Waals surface area contributed by atoms with Crippen LogP contribution in [0.2, 0.25) is 0 Å². The number of ether oxygens (including phenoxy) is 1. The van der Waals surface area contributed by atoms with Gasteiger partial charge in [-0.15, -0.1) is 5.10 Å². The van der Waals surface area contributed by atoms with Crippen LogP contribution in [0.5, 0.6) is 0 Å². The largest absolute Gasteiger partial charge is 0.378 e. The van der Waals surface area contributed by atoms with Crippen molar-refractivity contribution >= 4 is 5.91 Å². The molecule has 2 aromatic rings. The normalized spacial score (nSPS) is 29.8. The summed E-state index contributed by atoms with van der Waals surface area (Å²) in [5.41, 5.74) is 2.01. The Labute approximate surface area is 165 Å². The number of nitrogens with zero attached hydrogens (tertiary/aromatic N) is 5. The molecule has 0 N–H and O–H groups in total. The van der Waals surface area contributed by atoms with Crippen molar-refractivity contribution in [3.8, 4) is 11.3 Å². The molecule has 7 heteroatoms. The minimum absolute atomic E-state index is 0.152. The Bertz CT molecular complexity index is 817. The van der Waals surface area contributed by atoms with E-state index in [1.807, 2.05) is 34.0 Å². The fourth-order valence-corrected chi connectivity index (χ4v) is 4.97. The topological polar surface area (TPSA) is 63.5 Å². The second kappa shape index (κ2) is 7.64. The van der Waals surface area contributed by atoms with Crippen molar-refractivity contribution in [2.24, 2.45) is 11.8 Å². The molecule has 28 heavy (non-hydrogen) atoms. The van der Waals surface area contributed by atoms with E-state index in [-0.39, 0.29) is 5.92 Å². The molecule has 1 aromatic carbocycles. The van der Waals surface area contributed by atoms with Crippen molar-refractivity contribution in [3.05, 3.63) is 36.5 Å². The molecule has 5 heterocycles. The van der Waals surface area contributed by atoms with Gasteiger partial charge in [0, 0.05) is 31.2 Å². The van der Waals surface area contributed by atoms with Gasteiger partial charge in [0.15, 0.2) is 0 Å². The van der Waals surface area contributed by atoms with E-state index in [1.165, 1.54) is 0 Å². The Hall–Kier alpha value is -2.25. The summed E-state index contributed by atoms with van der Waals surface area (Å²) < 4.78 is 7.36. The molecule has 6 rings (SSSR count). The van der Waals surface area contributed by atoms with Gasteiger partial charge in [-0.1, -0.05) is 35.5 Å². The summed E-state index contributed by atoms with van der Waals surface area (Å²) in [6.45, 7) is 5.64. The molecule has 4 saturated heterocycles. The molecule has 1 aromatic heterocycles. The molecular weight excluding hydrogens is 354 g/mol. The van der Waals surface area contributed by atoms with E-state index in [4.69, 9.17) is 4.74 Å². The first kappa shape index (κ1) is 17.8. The molecule has 7 nitrogen and oxygen atoms in total. The van der Waals surface area contributed by atoms with E-state index in [2.05, 4.69) is 27.3 Å². The lowest BCUT2D eigenvalue weighted by molar-refractivity contribution is -0.148. The third-order valence-corrected chi connectivity index (χ3v) is 6.52. The smallest absolute Gasteiger partial charge is 0.227 e. The van der Waals surface area contributed by atoms with Gasteiger partial charge in [0.1, 0.15) is 5.69 Å². The Balaban J connectivity index is 1.23. The second-order valence-corrected chi connectivity index (χ2v) is 8.17. The highest BCUT2D eigenvalue weighted by Gasteiger charge is 2.44. The summed E-state index contributed by atoms with van der Waals surface area (Å²) in [5, 5.41) is 8.69. The number of hydrogen-bond acceptors (Lipinski definition) is 5. The number of piperidine rings is 3. The van der Waals surface area contributed by atoms with Crippen LogP contribution in [0, 0.1) is 11.8 Å². The summed E-state index contributed by atoms with van der Waals surface area (Å²) >= 11 is 0. The summed E-state index contributed by atoms with van der Waals surface area (Å²) in [6, 6.07) is 10.6. The zero-order chi connectivity index (χ0) is 18.9. The molecule has 0 aliphatic carbocycles. The first-order valence-corrected chi connectivity index (χ1v) is 10.3. The van der Waals surface area contributed by atoms with E-state index in [9.17, 15) is 4.79 Å². The SMILES string of the molecule is O=C([C@H]1CN2CC[C@H]1C[C@@H]2Cn1cc(-c2ccccc2)nn1)N1CCOCC1. The highest BCUT2D eigenvalue weighted by Crippen LogP contribution is 2.38. The fraction of sp³-hybridized carbons (Fsp3) is 0.571. The van der Waals surface area contributed by atoms with E-state index in [0.717, 1.165) is 56.8 Å². The number of carbonyl (C=O) groups excluding carboxylic acids is 1. The van der Waals surface area contributed by atoms with Crippen molar-refractivity contribution in [2.45, 2.75) is 25.4 Å². The highest BCUT2D eigenvalue weighted by atomic mass is 16.5. The zero-order valence-corrected chi connectivity index (χ0v) is 16.1. The number of rotatable bonds is 4. The molecule has 0 saturated carbocycles. The van der Waals surface area contributed by atoms with Crippen molar-refractivity contribution in [3.63, 3.8) is 0 Å². The summed E-state index contributed by atoms with van der Waals surface area (Å²) in [6.07, 6.45) is 4.24. The maximum absolute atomic E-state index is 13.0. The van der Waals surface area contributed by atoms with Crippen LogP contribution in [-0.4, -0.2) is 76.1 Å². The van der Waals surface area contributed by atoms with Gasteiger partial charge in [0.05, 0.1) is 31.9 Å². The molecule has 2 bridgehead atoms. The predicted octanol–water partition coefficient (Wildman–Crippen LogP) is 1.51. The lowest BCUT2D eigenvalue weighted by atomic mass is 9.75. The summed E-state index contributed by atoms with van der Waals surface area (Å²) in [5.74, 6) is 0.977. The molecule has 0 radical (unpaired) electrons. The van der Waals surface area contributed by atoms with Gasteiger partial charge in [-0.25, -0.2) is 0 Å². The molecule has 148 valence electrons. The highest BCUT2D eigenvalue weighted by molar-refractivity contribution is 5.79. The first-order valence-electron chi connectivity index (χ1n) is 10.3. The number of aromatic nitrogens is 3. The minimum Gasteiger partial charge on any atom is -0.378 e. The first-order chi connectivity index (χ1) is 13.8. The predicted molar refractivity (Wildman–Crippen MR) is 104 cm³/mol. The van der Waals surface area contributed by atoms with Gasteiger partial charge < -0.3 is 9.64 Å². The molecule has 4 aliphatic heterocycles. The van der Waals surface area contributed by atoms with Gasteiger partial charge in [-0.05, 0) is 25.3 Å². The number of carbonyl (C=O) groups is 1. The Morgan fingerprint density at radius 1 is 1.14 bits per heavy atom. The monoisotopic (exact) mass is 381 g/mol. The van der Waals surface area contributed by atoms with Crippen molar-refractivity contribution in [2.75, 3.05) is 39.4 Å². The van der Waals surface area contributed by atoms with Crippen LogP contribution >= 0.6 is 0 Å². The average Bonchev–Trinajstić information content (AvgIpc) is 3.23. The van der Waals surface area contributed by atoms with E-state index in [1.54, 1.807) is 0 Å². The average molecular weight is 381 g/mol. The van der Waals surface area contributed by atoms with Crippen molar-refractivity contribution < 1.29 is 9.53 Å². The number of morpholine rings is 1. The van der Waals surface area contributed by atoms with Crippen LogP contribution < -0.4 is 0 Å². The number of amides is 1. The molecular formula is C21H27N5O2. The summed E-state index contributed by atoms with van der Waals surface area (Å²) in [4.78, 5) is 17.5. The lowest BCUT2D eigenvalue weighted by Crippen LogP contribution is -2.59. The quantitative estimate of drug-likeness (QED) is 0.803. The van der Waals surface area contributed by atoms with E-state index < -0.39 is 0 Å². The maximum Gasteiger partial charge on any atom is 0.227 e. The van der Waals surface area contributed by atoms with Gasteiger partial charge >= 0.3 is 0 Å². The number of hydrogen-bond donors (Lipinski definition) is 0. The van der Waals surface area contributed by atoms with Crippen LogP contribution in [0.25, 0.3) is 11.3 Å².